The highest BCUT2D eigenvalue weighted by Crippen LogP contribution is 2.45. The molecule has 0 aliphatic carbocycles. The van der Waals surface area contributed by atoms with Gasteiger partial charge in [-0.3, -0.25) is 9.78 Å². The van der Waals surface area contributed by atoms with E-state index < -0.39 is 21.5 Å². The summed E-state index contributed by atoms with van der Waals surface area (Å²) in [6.07, 6.45) is 6.69. The second kappa shape index (κ2) is 10.1. The van der Waals surface area contributed by atoms with Gasteiger partial charge in [-0.2, -0.15) is 9.61 Å². The van der Waals surface area contributed by atoms with E-state index in [0.717, 1.165) is 31.2 Å². The number of pyridine rings is 1. The first-order valence-electron chi connectivity index (χ1n) is 14.0. The minimum absolute atomic E-state index is 0.0558. The van der Waals surface area contributed by atoms with Crippen LogP contribution in [0.25, 0.3) is 28.0 Å². The van der Waals surface area contributed by atoms with Crippen molar-refractivity contribution < 1.29 is 22.0 Å². The minimum atomic E-state index is -3.82. The summed E-state index contributed by atoms with van der Waals surface area (Å²) in [6.45, 7) is 1.73. The van der Waals surface area contributed by atoms with E-state index in [1.807, 2.05) is 4.90 Å². The highest BCUT2D eigenvalue weighted by Gasteiger charge is 2.46. The zero-order chi connectivity index (χ0) is 30.9. The van der Waals surface area contributed by atoms with E-state index >= 15 is 0 Å². The molecule has 1 aromatic carbocycles. The van der Waals surface area contributed by atoms with Crippen LogP contribution in [0, 0.1) is 18.6 Å². The number of H-pyrrole nitrogens is 1. The van der Waals surface area contributed by atoms with Crippen molar-refractivity contribution in [3.8, 4) is 22.4 Å². The van der Waals surface area contributed by atoms with Crippen molar-refractivity contribution in [1.29, 1.82) is 0 Å². The predicted octanol–water partition coefficient (Wildman–Crippen LogP) is 3.70. The number of carbonyl (C=O) groups is 1. The molecule has 0 unspecified atom stereocenters. The van der Waals surface area contributed by atoms with Crippen LogP contribution in [-0.2, 0) is 9.84 Å². The van der Waals surface area contributed by atoms with Crippen LogP contribution in [0.3, 0.4) is 0 Å². The normalized spacial score (nSPS) is 20.0. The number of amides is 1. The van der Waals surface area contributed by atoms with E-state index in [1.54, 1.807) is 19.1 Å². The van der Waals surface area contributed by atoms with E-state index in [9.17, 15) is 22.0 Å². The number of rotatable bonds is 5. The molecule has 0 radical (unpaired) electrons. The molecule has 12 nitrogen and oxygen atoms in total. The number of anilines is 1. The van der Waals surface area contributed by atoms with E-state index in [1.165, 1.54) is 23.0 Å². The first-order chi connectivity index (χ1) is 21.0. The topological polar surface area (TPSA) is 165 Å². The fourth-order valence-electron chi connectivity index (χ4n) is 6.58. The summed E-state index contributed by atoms with van der Waals surface area (Å²) in [5, 5.41) is 12.2. The third kappa shape index (κ3) is 4.58. The van der Waals surface area contributed by atoms with Crippen molar-refractivity contribution in [3.63, 3.8) is 0 Å². The number of halogens is 2. The average molecular weight is 620 g/mol. The van der Waals surface area contributed by atoms with Crippen molar-refractivity contribution >= 4 is 27.2 Å². The minimum Gasteiger partial charge on any atom is -0.382 e. The number of fused-ring (bicyclic) bond motifs is 3. The van der Waals surface area contributed by atoms with Crippen molar-refractivity contribution in [2.24, 2.45) is 0 Å². The van der Waals surface area contributed by atoms with E-state index in [0.29, 0.717) is 46.8 Å². The van der Waals surface area contributed by atoms with Gasteiger partial charge in [0.2, 0.25) is 5.82 Å². The second-order valence-corrected chi connectivity index (χ2v) is 13.3. The number of benzene rings is 1. The Balaban J connectivity index is 1.27. The lowest BCUT2D eigenvalue weighted by Gasteiger charge is -2.38. The van der Waals surface area contributed by atoms with Gasteiger partial charge in [0.1, 0.15) is 28.2 Å². The van der Waals surface area contributed by atoms with Crippen LogP contribution in [0.2, 0.25) is 0 Å². The monoisotopic (exact) mass is 619 g/mol. The first kappa shape index (κ1) is 28.0. The number of sulfone groups is 1. The number of nitrogen functional groups attached to an aromatic ring is 1. The van der Waals surface area contributed by atoms with E-state index in [4.69, 9.17) is 10.7 Å². The van der Waals surface area contributed by atoms with Gasteiger partial charge in [0.15, 0.2) is 15.5 Å². The number of carbonyl (C=O) groups excluding carboxylic acids is 1. The molecular formula is C29H27F2N9O3S. The molecule has 2 aliphatic rings. The van der Waals surface area contributed by atoms with Crippen LogP contribution in [0.5, 0.6) is 0 Å². The Kier molecular flexibility index (Phi) is 6.46. The molecule has 7 rings (SSSR count). The van der Waals surface area contributed by atoms with Gasteiger partial charge in [-0.25, -0.2) is 22.2 Å². The summed E-state index contributed by atoms with van der Waals surface area (Å²) in [5.41, 5.74) is 8.78. The molecule has 44 heavy (non-hydrogen) atoms. The first-order valence-corrected chi connectivity index (χ1v) is 15.9. The van der Waals surface area contributed by atoms with Crippen molar-refractivity contribution in [2.75, 3.05) is 12.0 Å². The molecular weight excluding hydrogens is 592 g/mol. The molecule has 2 fully saturated rings. The number of aryl methyl sites for hydroxylation is 1. The molecule has 226 valence electrons. The molecule has 1 amide bonds. The van der Waals surface area contributed by atoms with E-state index in [-0.39, 0.29) is 46.0 Å². The van der Waals surface area contributed by atoms with Crippen LogP contribution in [-0.4, -0.2) is 72.3 Å². The zero-order valence-corrected chi connectivity index (χ0v) is 24.5. The van der Waals surface area contributed by atoms with Gasteiger partial charge < -0.3 is 15.6 Å². The standard InChI is InChI=1S/C29H27F2N9O3S/c1-14-35-27(38-37-14)29(41)39-18-5-6-19(39)10-16(9-18)24-25(44(2,42)43)26(32)40-28(36-24)21(13-34-40)15-3-8-23(33-12-15)20-7-4-17(30)11-22(20)31/h3-4,7-8,11-13,16,18-19H,5-6,9-10,32H2,1-2H3,(H,35,37,38)/t16-,18-,19+. The van der Waals surface area contributed by atoms with Gasteiger partial charge in [0.25, 0.3) is 5.91 Å². The number of aromatic amines is 1. The lowest BCUT2D eigenvalue weighted by molar-refractivity contribution is 0.0556. The Labute approximate surface area is 250 Å². The predicted molar refractivity (Wildman–Crippen MR) is 155 cm³/mol. The Morgan fingerprint density at radius 1 is 1.05 bits per heavy atom. The third-order valence-corrected chi connectivity index (χ3v) is 9.63. The number of piperidine rings is 1. The molecule has 0 saturated carbocycles. The van der Waals surface area contributed by atoms with Crippen LogP contribution >= 0.6 is 0 Å². The van der Waals surface area contributed by atoms with Gasteiger partial charge in [-0.1, -0.05) is 6.07 Å². The summed E-state index contributed by atoms with van der Waals surface area (Å²) >= 11 is 0. The number of hydrogen-bond acceptors (Lipinski definition) is 9. The van der Waals surface area contributed by atoms with Crippen LogP contribution < -0.4 is 5.73 Å². The molecule has 15 heteroatoms. The molecule has 2 bridgehead atoms. The van der Waals surface area contributed by atoms with Crippen molar-refractivity contribution in [1.82, 2.24) is 39.7 Å². The van der Waals surface area contributed by atoms with Gasteiger partial charge in [-0.05, 0) is 50.8 Å². The quantitative estimate of drug-likeness (QED) is 0.298. The molecule has 4 aromatic heterocycles. The van der Waals surface area contributed by atoms with E-state index in [2.05, 4.69) is 25.3 Å². The number of hydrogen-bond donors (Lipinski definition) is 2. The Hall–Kier alpha value is -4.79. The average Bonchev–Trinajstić information content (AvgIpc) is 3.67. The molecule has 5 aromatic rings. The Morgan fingerprint density at radius 3 is 2.41 bits per heavy atom. The van der Waals surface area contributed by atoms with Gasteiger partial charge in [0, 0.05) is 53.2 Å². The second-order valence-electron chi connectivity index (χ2n) is 11.4. The zero-order valence-electron chi connectivity index (χ0n) is 23.7. The summed E-state index contributed by atoms with van der Waals surface area (Å²) in [7, 11) is -3.82. The fourth-order valence-corrected chi connectivity index (χ4v) is 7.64. The number of nitrogens with two attached hydrogens (primary N) is 1. The molecule has 3 N–H and O–H groups in total. The smallest absolute Gasteiger partial charge is 0.292 e. The summed E-state index contributed by atoms with van der Waals surface area (Å²) in [5.74, 6) is -1.25. The maximum Gasteiger partial charge on any atom is 0.292 e. The van der Waals surface area contributed by atoms with Gasteiger partial charge >= 0.3 is 0 Å². The largest absolute Gasteiger partial charge is 0.382 e. The number of aromatic nitrogens is 7. The number of nitrogens with one attached hydrogen (secondary N) is 1. The lowest BCUT2D eigenvalue weighted by Crippen LogP contribution is -2.46. The molecule has 6 heterocycles. The SMILES string of the molecule is Cc1nnc(C(=O)N2[C@@H]3CC[C@H]2C[C@H](c2nc4c(-c5ccc(-c6ccc(F)cc6F)nc5)cnn4c(N)c2S(C)(=O)=O)C3)[nH]1. The van der Waals surface area contributed by atoms with Crippen LogP contribution in [0.4, 0.5) is 14.6 Å². The summed E-state index contributed by atoms with van der Waals surface area (Å²) in [6, 6.07) is 6.33. The van der Waals surface area contributed by atoms with Gasteiger partial charge in [0.05, 0.1) is 17.6 Å². The number of nitrogens with zero attached hydrogens (tertiary/aromatic N) is 7. The lowest BCUT2D eigenvalue weighted by atomic mass is 9.87. The maximum absolute atomic E-state index is 14.3. The maximum atomic E-state index is 14.3. The highest BCUT2D eigenvalue weighted by molar-refractivity contribution is 7.91. The fraction of sp³-hybridized carbons (Fsp3) is 0.310. The molecule has 3 atom stereocenters. The molecule has 2 aliphatic heterocycles. The van der Waals surface area contributed by atoms with Crippen LogP contribution in [0.1, 0.15) is 53.7 Å². The Morgan fingerprint density at radius 2 is 1.80 bits per heavy atom. The van der Waals surface area contributed by atoms with Crippen LogP contribution in [0.15, 0.2) is 47.6 Å². The highest BCUT2D eigenvalue weighted by atomic mass is 32.2. The third-order valence-electron chi connectivity index (χ3n) is 8.47. The summed E-state index contributed by atoms with van der Waals surface area (Å²) < 4.78 is 55.2. The summed E-state index contributed by atoms with van der Waals surface area (Å²) in [4.78, 5) is 27.2. The van der Waals surface area contributed by atoms with Gasteiger partial charge in [-0.15, -0.1) is 10.2 Å². The van der Waals surface area contributed by atoms with Crippen molar-refractivity contribution in [3.05, 3.63) is 71.7 Å². The molecule has 2 saturated heterocycles. The Bertz CT molecular complexity index is 2050. The molecule has 0 spiro atoms. The van der Waals surface area contributed by atoms with Crippen molar-refractivity contribution in [2.45, 2.75) is 55.5 Å².